The molecule has 0 unspecified atom stereocenters. The SMILES string of the molecule is CC(C)C(=O)c1cccc(N2CCOCC2)c1. The average molecular weight is 233 g/mol. The van der Waals surface area contributed by atoms with Crippen molar-refractivity contribution in [3.63, 3.8) is 0 Å². The van der Waals surface area contributed by atoms with Crippen molar-refractivity contribution in [2.24, 2.45) is 5.92 Å². The van der Waals surface area contributed by atoms with Gasteiger partial charge in [-0.3, -0.25) is 4.79 Å². The Morgan fingerprint density at radius 1 is 1.29 bits per heavy atom. The summed E-state index contributed by atoms with van der Waals surface area (Å²) in [6.45, 7) is 7.21. The zero-order valence-electron chi connectivity index (χ0n) is 10.5. The summed E-state index contributed by atoms with van der Waals surface area (Å²) in [5.41, 5.74) is 1.93. The molecule has 1 saturated heterocycles. The van der Waals surface area contributed by atoms with Crippen LogP contribution >= 0.6 is 0 Å². The number of benzene rings is 1. The number of hydrogen-bond donors (Lipinski definition) is 0. The highest BCUT2D eigenvalue weighted by Gasteiger charge is 2.14. The second kappa shape index (κ2) is 5.32. The van der Waals surface area contributed by atoms with Crippen LogP contribution in [0.25, 0.3) is 0 Å². The van der Waals surface area contributed by atoms with E-state index in [4.69, 9.17) is 4.74 Å². The summed E-state index contributed by atoms with van der Waals surface area (Å²) in [5.74, 6) is 0.259. The van der Waals surface area contributed by atoms with E-state index in [1.54, 1.807) is 0 Å². The maximum absolute atomic E-state index is 11.9. The van der Waals surface area contributed by atoms with Gasteiger partial charge in [-0.1, -0.05) is 26.0 Å². The summed E-state index contributed by atoms with van der Waals surface area (Å²) >= 11 is 0. The average Bonchev–Trinajstić information content (AvgIpc) is 2.39. The molecule has 1 heterocycles. The number of Topliss-reactive ketones (excluding diaryl/α,β-unsaturated/α-hetero) is 1. The van der Waals surface area contributed by atoms with Gasteiger partial charge in [0.25, 0.3) is 0 Å². The Bertz CT molecular complexity index is 395. The van der Waals surface area contributed by atoms with Crippen molar-refractivity contribution in [1.82, 2.24) is 0 Å². The lowest BCUT2D eigenvalue weighted by Gasteiger charge is -2.29. The number of ketones is 1. The van der Waals surface area contributed by atoms with Gasteiger partial charge in [0.05, 0.1) is 13.2 Å². The van der Waals surface area contributed by atoms with Crippen molar-refractivity contribution in [1.29, 1.82) is 0 Å². The summed E-state index contributed by atoms with van der Waals surface area (Å²) in [6, 6.07) is 7.91. The van der Waals surface area contributed by atoms with Crippen LogP contribution in [0.2, 0.25) is 0 Å². The Balaban J connectivity index is 2.18. The van der Waals surface area contributed by atoms with Gasteiger partial charge in [-0.15, -0.1) is 0 Å². The second-order valence-electron chi connectivity index (χ2n) is 4.67. The third-order valence-corrected chi connectivity index (χ3v) is 3.03. The predicted octanol–water partition coefficient (Wildman–Crippen LogP) is 2.36. The number of carbonyl (C=O) groups is 1. The molecular weight excluding hydrogens is 214 g/mol. The van der Waals surface area contributed by atoms with Gasteiger partial charge in [0.1, 0.15) is 0 Å². The fraction of sp³-hybridized carbons (Fsp3) is 0.500. The molecule has 2 rings (SSSR count). The lowest BCUT2D eigenvalue weighted by atomic mass is 10.0. The molecule has 0 aromatic heterocycles. The zero-order chi connectivity index (χ0) is 12.3. The minimum absolute atomic E-state index is 0.0509. The zero-order valence-corrected chi connectivity index (χ0v) is 10.5. The molecule has 92 valence electrons. The molecule has 1 aliphatic rings. The summed E-state index contributed by atoms with van der Waals surface area (Å²) < 4.78 is 5.33. The van der Waals surface area contributed by atoms with Crippen LogP contribution in [-0.4, -0.2) is 32.1 Å². The Morgan fingerprint density at radius 3 is 2.65 bits per heavy atom. The molecule has 1 fully saturated rings. The van der Waals surface area contributed by atoms with Gasteiger partial charge >= 0.3 is 0 Å². The molecule has 0 radical (unpaired) electrons. The predicted molar refractivity (Wildman–Crippen MR) is 68.6 cm³/mol. The van der Waals surface area contributed by atoms with Gasteiger partial charge in [0.2, 0.25) is 0 Å². The minimum atomic E-state index is 0.0509. The monoisotopic (exact) mass is 233 g/mol. The highest BCUT2D eigenvalue weighted by atomic mass is 16.5. The van der Waals surface area contributed by atoms with Crippen LogP contribution in [0.1, 0.15) is 24.2 Å². The van der Waals surface area contributed by atoms with Crippen LogP contribution in [0.3, 0.4) is 0 Å². The number of rotatable bonds is 3. The molecule has 3 heteroatoms. The van der Waals surface area contributed by atoms with Gasteiger partial charge in [-0.25, -0.2) is 0 Å². The first-order chi connectivity index (χ1) is 8.18. The van der Waals surface area contributed by atoms with Crippen molar-refractivity contribution < 1.29 is 9.53 Å². The van der Waals surface area contributed by atoms with E-state index in [1.807, 2.05) is 32.0 Å². The second-order valence-corrected chi connectivity index (χ2v) is 4.67. The molecule has 0 atom stereocenters. The van der Waals surface area contributed by atoms with Crippen LogP contribution in [-0.2, 0) is 4.74 Å². The van der Waals surface area contributed by atoms with Crippen LogP contribution in [0.4, 0.5) is 5.69 Å². The van der Waals surface area contributed by atoms with Crippen LogP contribution in [0, 0.1) is 5.92 Å². The highest BCUT2D eigenvalue weighted by Crippen LogP contribution is 2.19. The molecule has 17 heavy (non-hydrogen) atoms. The van der Waals surface area contributed by atoms with E-state index in [0.29, 0.717) is 0 Å². The summed E-state index contributed by atoms with van der Waals surface area (Å²) in [7, 11) is 0. The number of morpholine rings is 1. The van der Waals surface area contributed by atoms with E-state index in [1.165, 1.54) is 0 Å². The molecule has 1 aliphatic heterocycles. The van der Waals surface area contributed by atoms with Crippen molar-refractivity contribution in [3.8, 4) is 0 Å². The highest BCUT2D eigenvalue weighted by molar-refractivity contribution is 5.98. The Morgan fingerprint density at radius 2 is 2.00 bits per heavy atom. The third-order valence-electron chi connectivity index (χ3n) is 3.03. The Kier molecular flexibility index (Phi) is 3.79. The number of hydrogen-bond acceptors (Lipinski definition) is 3. The molecular formula is C14H19NO2. The minimum Gasteiger partial charge on any atom is -0.378 e. The normalized spacial score (nSPS) is 16.3. The molecule has 1 aromatic carbocycles. The van der Waals surface area contributed by atoms with Gasteiger partial charge in [0, 0.05) is 30.3 Å². The number of anilines is 1. The Hall–Kier alpha value is -1.35. The molecule has 0 saturated carbocycles. The smallest absolute Gasteiger partial charge is 0.165 e. The molecule has 0 N–H and O–H groups in total. The van der Waals surface area contributed by atoms with Crippen LogP contribution in [0.5, 0.6) is 0 Å². The lowest BCUT2D eigenvalue weighted by molar-refractivity contribution is 0.0939. The third kappa shape index (κ3) is 2.86. The lowest BCUT2D eigenvalue weighted by Crippen LogP contribution is -2.36. The first-order valence-corrected chi connectivity index (χ1v) is 6.15. The quantitative estimate of drug-likeness (QED) is 0.751. The van der Waals surface area contributed by atoms with E-state index in [2.05, 4.69) is 11.0 Å². The fourth-order valence-corrected chi connectivity index (χ4v) is 2.01. The van der Waals surface area contributed by atoms with Crippen molar-refractivity contribution >= 4 is 11.5 Å². The van der Waals surface area contributed by atoms with Gasteiger partial charge in [-0.2, -0.15) is 0 Å². The molecule has 0 amide bonds. The topological polar surface area (TPSA) is 29.5 Å². The number of nitrogens with zero attached hydrogens (tertiary/aromatic N) is 1. The van der Waals surface area contributed by atoms with Gasteiger partial charge in [0.15, 0.2) is 5.78 Å². The molecule has 0 spiro atoms. The standard InChI is InChI=1S/C14H19NO2/c1-11(2)14(16)12-4-3-5-13(10-12)15-6-8-17-9-7-15/h3-5,10-11H,6-9H2,1-2H3. The molecule has 1 aromatic rings. The van der Waals surface area contributed by atoms with E-state index in [9.17, 15) is 4.79 Å². The van der Waals surface area contributed by atoms with Crippen molar-refractivity contribution in [2.75, 3.05) is 31.2 Å². The first-order valence-electron chi connectivity index (χ1n) is 6.15. The fourth-order valence-electron chi connectivity index (χ4n) is 2.01. The van der Waals surface area contributed by atoms with E-state index in [-0.39, 0.29) is 11.7 Å². The molecule has 0 bridgehead atoms. The van der Waals surface area contributed by atoms with Crippen LogP contribution < -0.4 is 4.90 Å². The van der Waals surface area contributed by atoms with Gasteiger partial charge in [-0.05, 0) is 12.1 Å². The molecule has 0 aliphatic carbocycles. The number of ether oxygens (including phenoxy) is 1. The number of carbonyl (C=O) groups excluding carboxylic acids is 1. The first kappa shape index (κ1) is 12.1. The maximum Gasteiger partial charge on any atom is 0.165 e. The summed E-state index contributed by atoms with van der Waals surface area (Å²) in [4.78, 5) is 14.2. The molecule has 3 nitrogen and oxygen atoms in total. The van der Waals surface area contributed by atoms with Gasteiger partial charge < -0.3 is 9.64 Å². The van der Waals surface area contributed by atoms with Crippen molar-refractivity contribution in [3.05, 3.63) is 29.8 Å². The van der Waals surface area contributed by atoms with E-state index in [0.717, 1.165) is 37.6 Å². The van der Waals surface area contributed by atoms with E-state index < -0.39 is 0 Å². The summed E-state index contributed by atoms with van der Waals surface area (Å²) in [5, 5.41) is 0. The summed E-state index contributed by atoms with van der Waals surface area (Å²) in [6.07, 6.45) is 0. The Labute approximate surface area is 102 Å². The van der Waals surface area contributed by atoms with Crippen LogP contribution in [0.15, 0.2) is 24.3 Å². The largest absolute Gasteiger partial charge is 0.378 e. The van der Waals surface area contributed by atoms with Crippen molar-refractivity contribution in [2.45, 2.75) is 13.8 Å². The maximum atomic E-state index is 11.9. The van der Waals surface area contributed by atoms with E-state index >= 15 is 0 Å².